The van der Waals surface area contributed by atoms with Crippen LogP contribution in [0, 0.1) is 13.8 Å². The van der Waals surface area contributed by atoms with Gasteiger partial charge in [0.25, 0.3) is 0 Å². The van der Waals surface area contributed by atoms with Crippen molar-refractivity contribution < 1.29 is 9.59 Å². The van der Waals surface area contributed by atoms with Crippen molar-refractivity contribution in [2.24, 2.45) is 0 Å². The molecule has 0 aliphatic heterocycles. The SMILES string of the molecule is CCC(Sc1cccc(NC(=S)Nc2ccc(C(C)=O)cc2)c1)C(=O)Nc1c(C)cccc1C. The lowest BCUT2D eigenvalue weighted by atomic mass is 10.1. The Morgan fingerprint density at radius 1 is 0.882 bits per heavy atom. The number of ketones is 1. The molecule has 0 spiro atoms. The highest BCUT2D eigenvalue weighted by atomic mass is 32.2. The van der Waals surface area contributed by atoms with E-state index in [1.165, 1.54) is 18.7 Å². The fourth-order valence-corrected chi connectivity index (χ4v) is 4.68. The van der Waals surface area contributed by atoms with Gasteiger partial charge in [-0.05, 0) is 93.0 Å². The maximum Gasteiger partial charge on any atom is 0.237 e. The second-order valence-corrected chi connectivity index (χ2v) is 9.70. The minimum atomic E-state index is -0.223. The molecule has 3 N–H and O–H groups in total. The Hall–Kier alpha value is -3.16. The van der Waals surface area contributed by atoms with Crippen LogP contribution in [0.25, 0.3) is 0 Å². The van der Waals surface area contributed by atoms with Gasteiger partial charge in [0.1, 0.15) is 0 Å². The minimum Gasteiger partial charge on any atom is -0.332 e. The minimum absolute atomic E-state index is 0.00513. The van der Waals surface area contributed by atoms with Gasteiger partial charge in [0, 0.05) is 27.5 Å². The number of Topliss-reactive ketones (excluding diaryl/α,β-unsaturated/α-hetero) is 1. The number of benzene rings is 3. The Balaban J connectivity index is 1.62. The standard InChI is InChI=1S/C27H29N3O2S2/c1-5-24(26(32)30-25-17(2)8-6-9-18(25)3)34-23-11-7-10-22(16-23)29-27(33)28-21-14-12-20(13-15-21)19(4)31/h6-16,24H,5H2,1-4H3,(H,30,32)(H2,28,29,33). The van der Waals surface area contributed by atoms with E-state index in [0.717, 1.165) is 33.1 Å². The number of hydrogen-bond donors (Lipinski definition) is 3. The molecular weight excluding hydrogens is 462 g/mol. The number of hydrogen-bond acceptors (Lipinski definition) is 4. The van der Waals surface area contributed by atoms with Gasteiger partial charge >= 0.3 is 0 Å². The second kappa shape index (κ2) is 11.8. The van der Waals surface area contributed by atoms with Gasteiger partial charge in [-0.1, -0.05) is 31.2 Å². The number of thiocarbonyl (C=S) groups is 1. The maximum absolute atomic E-state index is 13.0. The van der Waals surface area contributed by atoms with Crippen molar-refractivity contribution in [2.75, 3.05) is 16.0 Å². The number of aryl methyl sites for hydroxylation is 2. The fourth-order valence-electron chi connectivity index (χ4n) is 3.43. The normalized spacial score (nSPS) is 11.4. The molecule has 34 heavy (non-hydrogen) atoms. The van der Waals surface area contributed by atoms with Gasteiger partial charge in [0.2, 0.25) is 5.91 Å². The molecule has 0 aliphatic rings. The first-order valence-electron chi connectivity index (χ1n) is 11.1. The summed E-state index contributed by atoms with van der Waals surface area (Å²) in [5.41, 5.74) is 5.26. The van der Waals surface area contributed by atoms with Crippen molar-refractivity contribution in [3.63, 3.8) is 0 Å². The molecule has 1 unspecified atom stereocenters. The molecule has 3 rings (SSSR count). The van der Waals surface area contributed by atoms with Gasteiger partial charge in [-0.2, -0.15) is 0 Å². The van der Waals surface area contributed by atoms with Crippen molar-refractivity contribution >= 4 is 57.8 Å². The molecule has 1 amide bonds. The summed E-state index contributed by atoms with van der Waals surface area (Å²) in [4.78, 5) is 25.4. The summed E-state index contributed by atoms with van der Waals surface area (Å²) in [7, 11) is 0. The molecule has 0 saturated heterocycles. The number of nitrogens with one attached hydrogen (secondary N) is 3. The lowest BCUT2D eigenvalue weighted by molar-refractivity contribution is -0.115. The summed E-state index contributed by atoms with van der Waals surface area (Å²) in [5, 5.41) is 9.63. The molecule has 3 aromatic carbocycles. The van der Waals surface area contributed by atoms with Crippen LogP contribution in [0.2, 0.25) is 0 Å². The molecule has 0 heterocycles. The highest BCUT2D eigenvalue weighted by molar-refractivity contribution is 8.00. The zero-order chi connectivity index (χ0) is 24.7. The van der Waals surface area contributed by atoms with Crippen molar-refractivity contribution in [3.8, 4) is 0 Å². The monoisotopic (exact) mass is 491 g/mol. The molecule has 0 radical (unpaired) electrons. The third-order valence-corrected chi connectivity index (χ3v) is 6.87. The van der Waals surface area contributed by atoms with E-state index < -0.39 is 0 Å². The molecule has 0 bridgehead atoms. The van der Waals surface area contributed by atoms with E-state index in [1.807, 2.05) is 75.4 Å². The largest absolute Gasteiger partial charge is 0.332 e. The zero-order valence-corrected chi connectivity index (χ0v) is 21.4. The number of carbonyl (C=O) groups is 2. The molecule has 0 aromatic heterocycles. The smallest absolute Gasteiger partial charge is 0.237 e. The van der Waals surface area contributed by atoms with Gasteiger partial charge in [0.15, 0.2) is 10.9 Å². The highest BCUT2D eigenvalue weighted by Crippen LogP contribution is 2.29. The number of thioether (sulfide) groups is 1. The Morgan fingerprint density at radius 3 is 2.12 bits per heavy atom. The summed E-state index contributed by atoms with van der Waals surface area (Å²) < 4.78 is 0. The predicted octanol–water partition coefficient (Wildman–Crippen LogP) is 6.82. The number of rotatable bonds is 8. The van der Waals surface area contributed by atoms with Crippen molar-refractivity contribution in [2.45, 2.75) is 44.3 Å². The molecule has 0 saturated carbocycles. The van der Waals surface area contributed by atoms with Crippen molar-refractivity contribution in [3.05, 3.63) is 83.4 Å². The van der Waals surface area contributed by atoms with Crippen LogP contribution < -0.4 is 16.0 Å². The first-order valence-corrected chi connectivity index (χ1v) is 12.4. The van der Waals surface area contributed by atoms with E-state index in [9.17, 15) is 9.59 Å². The molecule has 1 atom stereocenters. The van der Waals surface area contributed by atoms with Crippen molar-refractivity contribution in [1.29, 1.82) is 0 Å². The number of carbonyl (C=O) groups excluding carboxylic acids is 2. The average molecular weight is 492 g/mol. The molecule has 0 fully saturated rings. The lowest BCUT2D eigenvalue weighted by Gasteiger charge is -2.18. The highest BCUT2D eigenvalue weighted by Gasteiger charge is 2.19. The van der Waals surface area contributed by atoms with Crippen LogP contribution in [-0.4, -0.2) is 22.1 Å². The van der Waals surface area contributed by atoms with Gasteiger partial charge in [-0.3, -0.25) is 9.59 Å². The Bertz CT molecular complexity index is 1170. The fraction of sp³-hybridized carbons (Fsp3) is 0.222. The van der Waals surface area contributed by atoms with Crippen LogP contribution in [0.5, 0.6) is 0 Å². The van der Waals surface area contributed by atoms with E-state index in [4.69, 9.17) is 12.2 Å². The van der Waals surface area contributed by atoms with Crippen LogP contribution >= 0.6 is 24.0 Å². The maximum atomic E-state index is 13.0. The van der Waals surface area contributed by atoms with Crippen LogP contribution in [0.3, 0.4) is 0 Å². The van der Waals surface area contributed by atoms with Gasteiger partial charge in [-0.15, -0.1) is 11.8 Å². The van der Waals surface area contributed by atoms with Crippen LogP contribution in [0.15, 0.2) is 71.6 Å². The van der Waals surface area contributed by atoms with E-state index >= 15 is 0 Å². The Labute approximate surface area is 210 Å². The van der Waals surface area contributed by atoms with E-state index in [0.29, 0.717) is 17.1 Å². The first-order chi connectivity index (χ1) is 16.3. The third-order valence-electron chi connectivity index (χ3n) is 5.31. The number of anilines is 3. The molecule has 5 nitrogen and oxygen atoms in total. The van der Waals surface area contributed by atoms with E-state index in [1.54, 1.807) is 12.1 Å². The van der Waals surface area contributed by atoms with Crippen LogP contribution in [0.4, 0.5) is 17.1 Å². The summed E-state index contributed by atoms with van der Waals surface area (Å²) in [5.74, 6) is 0.0177. The Kier molecular flexibility index (Phi) is 8.85. The zero-order valence-electron chi connectivity index (χ0n) is 19.8. The van der Waals surface area contributed by atoms with E-state index in [-0.39, 0.29) is 16.9 Å². The van der Waals surface area contributed by atoms with Gasteiger partial charge in [0.05, 0.1) is 5.25 Å². The van der Waals surface area contributed by atoms with E-state index in [2.05, 4.69) is 16.0 Å². The van der Waals surface area contributed by atoms with Gasteiger partial charge < -0.3 is 16.0 Å². The third kappa shape index (κ3) is 6.92. The molecule has 0 aliphatic carbocycles. The molecule has 176 valence electrons. The summed E-state index contributed by atoms with van der Waals surface area (Å²) in [6, 6.07) is 21.0. The quantitative estimate of drug-likeness (QED) is 0.182. The summed E-state index contributed by atoms with van der Waals surface area (Å²) in [6.07, 6.45) is 0.704. The van der Waals surface area contributed by atoms with Crippen molar-refractivity contribution in [1.82, 2.24) is 0 Å². The summed E-state index contributed by atoms with van der Waals surface area (Å²) in [6.45, 7) is 7.55. The second-order valence-electron chi connectivity index (χ2n) is 8.01. The lowest BCUT2D eigenvalue weighted by Crippen LogP contribution is -2.25. The average Bonchev–Trinajstić information content (AvgIpc) is 2.80. The Morgan fingerprint density at radius 2 is 1.50 bits per heavy atom. The first kappa shape index (κ1) is 25.5. The van der Waals surface area contributed by atoms with Gasteiger partial charge in [-0.25, -0.2) is 0 Å². The predicted molar refractivity (Wildman–Crippen MR) is 147 cm³/mol. The van der Waals surface area contributed by atoms with Crippen LogP contribution in [-0.2, 0) is 4.79 Å². The topological polar surface area (TPSA) is 70.2 Å². The molecule has 7 heteroatoms. The summed E-state index contributed by atoms with van der Waals surface area (Å²) >= 11 is 6.96. The van der Waals surface area contributed by atoms with Crippen LogP contribution in [0.1, 0.15) is 41.8 Å². The molecule has 3 aromatic rings. The molecular formula is C27H29N3O2S2. The number of amides is 1. The number of para-hydroxylation sites is 1.